The van der Waals surface area contributed by atoms with Gasteiger partial charge in [-0.3, -0.25) is 9.48 Å². The predicted molar refractivity (Wildman–Crippen MR) is 93.8 cm³/mol. The van der Waals surface area contributed by atoms with E-state index in [2.05, 4.69) is 21.0 Å². The molecule has 0 saturated heterocycles. The van der Waals surface area contributed by atoms with Crippen molar-refractivity contribution in [3.05, 3.63) is 69.8 Å². The molecule has 0 aliphatic heterocycles. The average molecular weight is 445 g/mol. The number of aromatic nitrogens is 2. The van der Waals surface area contributed by atoms with Gasteiger partial charge in [0, 0.05) is 6.20 Å². The normalized spacial score (nSPS) is 11.4. The number of benzene rings is 1. The van der Waals surface area contributed by atoms with E-state index in [4.69, 9.17) is 16.0 Å². The molecule has 3 aromatic rings. The van der Waals surface area contributed by atoms with Crippen molar-refractivity contribution in [3.8, 4) is 0 Å². The van der Waals surface area contributed by atoms with Gasteiger partial charge < -0.3 is 4.42 Å². The first-order valence-electron chi connectivity index (χ1n) is 6.93. The largest absolute Gasteiger partial charge is 0.454 e. The van der Waals surface area contributed by atoms with E-state index in [0.29, 0.717) is 12.3 Å². The van der Waals surface area contributed by atoms with Gasteiger partial charge in [0.1, 0.15) is 10.7 Å². The van der Waals surface area contributed by atoms with E-state index < -0.39 is 15.9 Å². The maximum atomic E-state index is 12.3. The molecule has 2 aromatic heterocycles. The lowest BCUT2D eigenvalue weighted by Crippen LogP contribution is -2.30. The lowest BCUT2D eigenvalue weighted by atomic mass is 10.4. The minimum Gasteiger partial charge on any atom is -0.454 e. The molecular formula is C15H11BrClN3O4S. The fraction of sp³-hybridized carbons (Fsp3) is 0.0667. The van der Waals surface area contributed by atoms with E-state index in [1.807, 2.05) is 4.72 Å². The van der Waals surface area contributed by atoms with Gasteiger partial charge in [-0.15, -0.1) is 0 Å². The summed E-state index contributed by atoms with van der Waals surface area (Å²) in [6.45, 7) is 0.302. The summed E-state index contributed by atoms with van der Waals surface area (Å²) in [5.41, 5.74) is 0. The molecule has 0 radical (unpaired) electrons. The van der Waals surface area contributed by atoms with Crippen molar-refractivity contribution in [2.45, 2.75) is 11.4 Å². The minimum absolute atomic E-state index is 0.0205. The molecule has 0 saturated carbocycles. The maximum Gasteiger partial charge on any atom is 0.300 e. The van der Waals surface area contributed by atoms with Crippen molar-refractivity contribution >= 4 is 43.5 Å². The molecule has 1 aromatic carbocycles. The number of furan rings is 1. The van der Waals surface area contributed by atoms with Gasteiger partial charge in [-0.05, 0) is 40.2 Å². The zero-order chi connectivity index (χ0) is 18.0. The second-order valence-electron chi connectivity index (χ2n) is 4.99. The van der Waals surface area contributed by atoms with Crippen LogP contribution >= 0.6 is 27.5 Å². The molecule has 25 heavy (non-hydrogen) atoms. The number of nitrogens with zero attached hydrogens (tertiary/aromatic N) is 2. The number of sulfonamides is 1. The first kappa shape index (κ1) is 17.7. The number of carbonyl (C=O) groups is 1. The standard InChI is InChI=1S/C15H11BrClN3O4S/c16-10-7-18-20(8-10)9-11-5-6-13(24-11)15(21)19-25(22,23)14-4-2-1-3-12(14)17/h1-8H,9H2,(H,19,21). The molecular weight excluding hydrogens is 434 g/mol. The smallest absolute Gasteiger partial charge is 0.300 e. The van der Waals surface area contributed by atoms with Crippen molar-refractivity contribution in [2.75, 3.05) is 0 Å². The summed E-state index contributed by atoms with van der Waals surface area (Å²) in [5.74, 6) is -0.555. The average Bonchev–Trinajstić information content (AvgIpc) is 3.17. The van der Waals surface area contributed by atoms with E-state index in [9.17, 15) is 13.2 Å². The Labute approximate surface area is 156 Å². The van der Waals surface area contributed by atoms with E-state index >= 15 is 0 Å². The van der Waals surface area contributed by atoms with Gasteiger partial charge in [-0.1, -0.05) is 23.7 Å². The van der Waals surface area contributed by atoms with Crippen LogP contribution in [-0.4, -0.2) is 24.1 Å². The SMILES string of the molecule is O=C(NS(=O)(=O)c1ccccc1Cl)c1ccc(Cn2cc(Br)cn2)o1. The molecule has 0 aliphatic carbocycles. The summed E-state index contributed by atoms with van der Waals surface area (Å²) in [7, 11) is -4.10. The molecule has 10 heteroatoms. The summed E-state index contributed by atoms with van der Waals surface area (Å²) in [5, 5.41) is 4.09. The highest BCUT2D eigenvalue weighted by Crippen LogP contribution is 2.20. The van der Waals surface area contributed by atoms with Crippen molar-refractivity contribution in [3.63, 3.8) is 0 Å². The topological polar surface area (TPSA) is 94.2 Å². The third-order valence-corrected chi connectivity index (χ3v) is 5.40. The van der Waals surface area contributed by atoms with Gasteiger partial charge >= 0.3 is 5.91 Å². The van der Waals surface area contributed by atoms with Crippen LogP contribution in [0.25, 0.3) is 0 Å². The van der Waals surface area contributed by atoms with Crippen LogP contribution in [0.5, 0.6) is 0 Å². The number of nitrogens with one attached hydrogen (secondary N) is 1. The first-order valence-corrected chi connectivity index (χ1v) is 9.59. The molecule has 0 fully saturated rings. The third-order valence-electron chi connectivity index (χ3n) is 3.16. The zero-order valence-corrected chi connectivity index (χ0v) is 15.7. The fourth-order valence-electron chi connectivity index (χ4n) is 2.06. The van der Waals surface area contributed by atoms with E-state index in [1.165, 1.54) is 24.3 Å². The lowest BCUT2D eigenvalue weighted by Gasteiger charge is -2.06. The van der Waals surface area contributed by atoms with Gasteiger partial charge in [0.05, 0.1) is 22.2 Å². The summed E-state index contributed by atoms with van der Waals surface area (Å²) < 4.78 is 34.3. The molecule has 0 spiro atoms. The quantitative estimate of drug-likeness (QED) is 0.653. The number of halogens is 2. The molecule has 0 aliphatic rings. The van der Waals surface area contributed by atoms with Crippen molar-refractivity contribution in [1.29, 1.82) is 0 Å². The molecule has 0 bridgehead atoms. The number of hydrogen-bond acceptors (Lipinski definition) is 5. The highest BCUT2D eigenvalue weighted by molar-refractivity contribution is 9.10. The summed E-state index contributed by atoms with van der Waals surface area (Å²) in [6, 6.07) is 8.81. The van der Waals surface area contributed by atoms with Gasteiger partial charge in [0.2, 0.25) is 0 Å². The summed E-state index contributed by atoms with van der Waals surface area (Å²) in [6.07, 6.45) is 3.36. The van der Waals surface area contributed by atoms with Crippen molar-refractivity contribution in [2.24, 2.45) is 0 Å². The Morgan fingerprint density at radius 3 is 2.72 bits per heavy atom. The van der Waals surface area contributed by atoms with Crippen LogP contribution in [0.2, 0.25) is 5.02 Å². The molecule has 3 rings (SSSR count). The number of hydrogen-bond donors (Lipinski definition) is 1. The van der Waals surface area contributed by atoms with Crippen LogP contribution in [0, 0.1) is 0 Å². The number of amides is 1. The van der Waals surface area contributed by atoms with Crippen LogP contribution in [0.3, 0.4) is 0 Å². The fourth-order valence-corrected chi connectivity index (χ4v) is 3.86. The van der Waals surface area contributed by atoms with Crippen LogP contribution in [-0.2, 0) is 16.6 Å². The van der Waals surface area contributed by atoms with E-state index in [0.717, 1.165) is 4.47 Å². The minimum atomic E-state index is -4.10. The third kappa shape index (κ3) is 4.12. The van der Waals surface area contributed by atoms with Crippen LogP contribution in [0.4, 0.5) is 0 Å². The molecule has 1 amide bonds. The molecule has 2 heterocycles. The predicted octanol–water partition coefficient (Wildman–Crippen LogP) is 3.06. The van der Waals surface area contributed by atoms with Gasteiger partial charge in [0.25, 0.3) is 10.0 Å². The van der Waals surface area contributed by atoms with Crippen LogP contribution < -0.4 is 4.72 Å². The first-order chi connectivity index (χ1) is 11.8. The highest BCUT2D eigenvalue weighted by atomic mass is 79.9. The molecule has 130 valence electrons. The van der Waals surface area contributed by atoms with Crippen molar-refractivity contribution in [1.82, 2.24) is 14.5 Å². The Balaban J connectivity index is 1.74. The molecule has 7 nitrogen and oxygen atoms in total. The van der Waals surface area contributed by atoms with Crippen LogP contribution in [0.1, 0.15) is 16.3 Å². The van der Waals surface area contributed by atoms with E-state index in [-0.39, 0.29) is 15.7 Å². The molecule has 0 unspecified atom stereocenters. The van der Waals surface area contributed by atoms with Gasteiger partial charge in [-0.25, -0.2) is 13.1 Å². The second kappa shape index (κ2) is 7.03. The monoisotopic (exact) mass is 443 g/mol. The van der Waals surface area contributed by atoms with Gasteiger partial charge in [-0.2, -0.15) is 5.10 Å². The Morgan fingerprint density at radius 2 is 2.04 bits per heavy atom. The Morgan fingerprint density at radius 1 is 1.28 bits per heavy atom. The molecule has 0 atom stereocenters. The maximum absolute atomic E-state index is 12.3. The Hall–Kier alpha value is -2.10. The highest BCUT2D eigenvalue weighted by Gasteiger charge is 2.23. The zero-order valence-electron chi connectivity index (χ0n) is 12.5. The second-order valence-corrected chi connectivity index (χ2v) is 7.96. The van der Waals surface area contributed by atoms with Gasteiger partial charge in [0.15, 0.2) is 5.76 Å². The number of carbonyl (C=O) groups excluding carboxylic acids is 1. The Kier molecular flexibility index (Phi) is 4.98. The van der Waals surface area contributed by atoms with E-state index in [1.54, 1.807) is 29.2 Å². The lowest BCUT2D eigenvalue weighted by molar-refractivity contribution is 0.0952. The number of rotatable bonds is 5. The summed E-state index contributed by atoms with van der Waals surface area (Å²) >= 11 is 9.15. The summed E-state index contributed by atoms with van der Waals surface area (Å²) in [4.78, 5) is 12.0. The van der Waals surface area contributed by atoms with Crippen LogP contribution in [0.15, 0.2) is 62.6 Å². The Bertz CT molecular complexity index is 1030. The van der Waals surface area contributed by atoms with Crippen molar-refractivity contribution < 1.29 is 17.6 Å². The molecule has 1 N–H and O–H groups in total.